The third-order valence-electron chi connectivity index (χ3n) is 6.58. The Balaban J connectivity index is 1.34. The summed E-state index contributed by atoms with van der Waals surface area (Å²) in [6, 6.07) is 10.3. The fourth-order valence-electron chi connectivity index (χ4n) is 4.74. The number of aryl methyl sites for hydroxylation is 1. The normalized spacial score (nSPS) is 20.0. The van der Waals surface area contributed by atoms with E-state index in [2.05, 4.69) is 41.5 Å². The van der Waals surface area contributed by atoms with Crippen LogP contribution in [-0.2, 0) is 11.3 Å². The minimum atomic E-state index is 0.256. The largest absolute Gasteiger partial charge is 0.497 e. The van der Waals surface area contributed by atoms with Crippen LogP contribution in [0.5, 0.6) is 5.75 Å². The minimum absolute atomic E-state index is 0.256. The first kappa shape index (κ1) is 20.9. The maximum atomic E-state index is 13.1. The molecular weight excluding hydrogens is 378 g/mol. The zero-order chi connectivity index (χ0) is 21.1. The van der Waals surface area contributed by atoms with E-state index in [0.717, 1.165) is 74.9 Å². The summed E-state index contributed by atoms with van der Waals surface area (Å²) in [5.41, 5.74) is 4.32. The third-order valence-corrected chi connectivity index (χ3v) is 6.58. The van der Waals surface area contributed by atoms with Gasteiger partial charge in [0.1, 0.15) is 12.3 Å². The number of benzene rings is 1. The zero-order valence-electron chi connectivity index (χ0n) is 18.4. The topological polar surface area (TPSA) is 48.1 Å². The number of piperazine rings is 1. The number of nitrogens with one attached hydrogen (secondary N) is 1. The van der Waals surface area contributed by atoms with Crippen molar-refractivity contribution >= 4 is 11.5 Å². The number of quaternary nitrogens is 1. The number of aromatic nitrogens is 1. The summed E-state index contributed by atoms with van der Waals surface area (Å²) < 4.78 is 13.4. The molecule has 2 aliphatic heterocycles. The monoisotopic (exact) mass is 412 g/mol. The van der Waals surface area contributed by atoms with Crippen molar-refractivity contribution in [1.29, 1.82) is 0 Å². The lowest BCUT2D eigenvalue weighted by molar-refractivity contribution is -0.892. The van der Waals surface area contributed by atoms with Crippen LogP contribution < -0.4 is 14.5 Å². The fourth-order valence-corrected chi connectivity index (χ4v) is 4.74. The fraction of sp³-hybridized carbons (Fsp3) is 0.542. The van der Waals surface area contributed by atoms with Gasteiger partial charge in [0.05, 0.1) is 39.4 Å². The Bertz CT molecular complexity index is 878. The maximum Gasteiger partial charge on any atom is 0.218 e. The summed E-state index contributed by atoms with van der Waals surface area (Å²) in [7, 11) is 1.70. The molecule has 0 saturated carbocycles. The van der Waals surface area contributed by atoms with Crippen molar-refractivity contribution in [3.05, 3.63) is 47.3 Å². The van der Waals surface area contributed by atoms with E-state index in [9.17, 15) is 4.79 Å². The summed E-state index contributed by atoms with van der Waals surface area (Å²) in [6.07, 6.45) is 2.54. The number of nitrogens with zero attached hydrogens (tertiary/aromatic N) is 2. The molecule has 2 aliphatic rings. The molecule has 0 unspecified atom stereocenters. The smallest absolute Gasteiger partial charge is 0.218 e. The van der Waals surface area contributed by atoms with E-state index in [-0.39, 0.29) is 11.9 Å². The molecule has 1 N–H and O–H groups in total. The number of hydrogen-bond acceptors (Lipinski definition) is 4. The van der Waals surface area contributed by atoms with Gasteiger partial charge in [0.2, 0.25) is 5.78 Å². The highest BCUT2D eigenvalue weighted by molar-refractivity contribution is 5.98. The predicted octanol–water partition coefficient (Wildman–Crippen LogP) is 1.88. The van der Waals surface area contributed by atoms with Crippen molar-refractivity contribution < 1.29 is 19.2 Å². The maximum absolute atomic E-state index is 13.1. The van der Waals surface area contributed by atoms with Crippen molar-refractivity contribution in [3.8, 4) is 5.75 Å². The highest BCUT2D eigenvalue weighted by atomic mass is 16.5. The summed E-state index contributed by atoms with van der Waals surface area (Å²) in [5.74, 6) is 1.14. The van der Waals surface area contributed by atoms with E-state index < -0.39 is 0 Å². The number of methoxy groups -OCH3 is 1. The van der Waals surface area contributed by atoms with E-state index >= 15 is 0 Å². The molecular formula is C24H34N3O3+. The minimum Gasteiger partial charge on any atom is -0.497 e. The molecule has 30 heavy (non-hydrogen) atoms. The number of carbonyl (C=O) groups excluding carboxylic acids is 1. The predicted molar refractivity (Wildman–Crippen MR) is 118 cm³/mol. The average molecular weight is 413 g/mol. The Morgan fingerprint density at radius 2 is 2.03 bits per heavy atom. The molecule has 2 aromatic rings. The van der Waals surface area contributed by atoms with E-state index in [1.165, 1.54) is 10.6 Å². The number of ether oxygens (including phenoxy) is 2. The van der Waals surface area contributed by atoms with Crippen LogP contribution in [0.4, 0.5) is 5.69 Å². The van der Waals surface area contributed by atoms with Gasteiger partial charge >= 0.3 is 0 Å². The van der Waals surface area contributed by atoms with Crippen LogP contribution in [0.25, 0.3) is 0 Å². The lowest BCUT2D eigenvalue weighted by Gasteiger charge is -2.33. The quantitative estimate of drug-likeness (QED) is 0.706. The van der Waals surface area contributed by atoms with Crippen molar-refractivity contribution in [2.24, 2.45) is 0 Å². The number of carbonyl (C=O) groups is 1. The molecule has 0 bridgehead atoms. The van der Waals surface area contributed by atoms with Gasteiger partial charge in [-0.05, 0) is 44.9 Å². The molecule has 0 spiro atoms. The molecule has 0 amide bonds. The van der Waals surface area contributed by atoms with Gasteiger partial charge in [-0.2, -0.15) is 0 Å². The molecule has 2 saturated heterocycles. The Morgan fingerprint density at radius 1 is 1.23 bits per heavy atom. The first-order chi connectivity index (χ1) is 14.5. The van der Waals surface area contributed by atoms with E-state index in [1.807, 2.05) is 12.1 Å². The highest BCUT2D eigenvalue weighted by Crippen LogP contribution is 2.22. The van der Waals surface area contributed by atoms with Gasteiger partial charge in [0.15, 0.2) is 0 Å². The second kappa shape index (κ2) is 9.23. The van der Waals surface area contributed by atoms with Crippen LogP contribution in [0, 0.1) is 13.8 Å². The molecule has 0 aliphatic carbocycles. The SMILES string of the molecule is COc1cccc(N2CC[NH+](CC(=O)c3cc(C)n(C[C@H]4CCCO4)c3C)CC2)c1. The first-order valence-electron chi connectivity index (χ1n) is 11.1. The van der Waals surface area contributed by atoms with Gasteiger partial charge in [0, 0.05) is 41.9 Å². The highest BCUT2D eigenvalue weighted by Gasteiger charge is 2.26. The van der Waals surface area contributed by atoms with Gasteiger partial charge in [-0.25, -0.2) is 0 Å². The Hall–Kier alpha value is -2.31. The molecule has 2 fully saturated rings. The molecule has 6 heteroatoms. The van der Waals surface area contributed by atoms with Crippen LogP contribution in [0.1, 0.15) is 34.6 Å². The second-order valence-electron chi connectivity index (χ2n) is 8.57. The molecule has 3 heterocycles. The van der Waals surface area contributed by atoms with Gasteiger partial charge in [-0.1, -0.05) is 6.07 Å². The lowest BCUT2D eigenvalue weighted by atomic mass is 10.1. The van der Waals surface area contributed by atoms with Gasteiger partial charge in [-0.15, -0.1) is 0 Å². The number of hydrogen-bond donors (Lipinski definition) is 1. The Labute approximate surface area is 179 Å². The molecule has 162 valence electrons. The van der Waals surface area contributed by atoms with Crippen LogP contribution in [0.15, 0.2) is 30.3 Å². The molecule has 1 aromatic heterocycles. The van der Waals surface area contributed by atoms with Crippen molar-refractivity contribution in [3.63, 3.8) is 0 Å². The summed E-state index contributed by atoms with van der Waals surface area (Å²) in [5, 5.41) is 0. The molecule has 1 aromatic carbocycles. The summed E-state index contributed by atoms with van der Waals surface area (Å²) in [6.45, 7) is 10.3. The van der Waals surface area contributed by atoms with Gasteiger partial charge in [0.25, 0.3) is 0 Å². The van der Waals surface area contributed by atoms with Crippen LogP contribution >= 0.6 is 0 Å². The van der Waals surface area contributed by atoms with E-state index in [4.69, 9.17) is 9.47 Å². The second-order valence-corrected chi connectivity index (χ2v) is 8.57. The molecule has 0 radical (unpaired) electrons. The molecule has 4 rings (SSSR count). The van der Waals surface area contributed by atoms with Gasteiger partial charge < -0.3 is 23.8 Å². The standard InChI is InChI=1S/C24H33N3O3/c1-18-14-23(19(2)27(18)16-22-8-5-13-30-22)24(28)17-25-9-11-26(12-10-25)20-6-4-7-21(15-20)29-3/h4,6-7,14-15,22H,5,8-13,16-17H2,1-3H3/p+1/t22-/m1/s1. The van der Waals surface area contributed by atoms with Crippen molar-refractivity contribution in [2.45, 2.75) is 39.3 Å². The lowest BCUT2D eigenvalue weighted by Crippen LogP contribution is -3.15. The third kappa shape index (κ3) is 4.55. The number of rotatable bonds is 7. The number of Topliss-reactive ketones (excluding diaryl/α,β-unsaturated/α-hetero) is 1. The van der Waals surface area contributed by atoms with Crippen molar-refractivity contribution in [2.75, 3.05) is 51.3 Å². The van der Waals surface area contributed by atoms with E-state index in [0.29, 0.717) is 6.54 Å². The van der Waals surface area contributed by atoms with Crippen LogP contribution in [0.2, 0.25) is 0 Å². The average Bonchev–Trinajstić information content (AvgIpc) is 3.38. The summed E-state index contributed by atoms with van der Waals surface area (Å²) in [4.78, 5) is 16.8. The Kier molecular flexibility index (Phi) is 6.44. The number of anilines is 1. The number of ketones is 1. The Morgan fingerprint density at radius 3 is 2.73 bits per heavy atom. The zero-order valence-corrected chi connectivity index (χ0v) is 18.4. The molecule has 1 atom stereocenters. The summed E-state index contributed by atoms with van der Waals surface area (Å²) >= 11 is 0. The van der Waals surface area contributed by atoms with E-state index in [1.54, 1.807) is 7.11 Å². The van der Waals surface area contributed by atoms with Crippen LogP contribution in [0.3, 0.4) is 0 Å². The van der Waals surface area contributed by atoms with Crippen LogP contribution in [-0.4, -0.2) is 62.9 Å². The molecule has 6 nitrogen and oxygen atoms in total. The van der Waals surface area contributed by atoms with Crippen molar-refractivity contribution in [1.82, 2.24) is 4.57 Å². The van der Waals surface area contributed by atoms with Gasteiger partial charge in [-0.3, -0.25) is 4.79 Å². The first-order valence-corrected chi connectivity index (χ1v) is 11.1.